The van der Waals surface area contributed by atoms with Crippen LogP contribution in [0.5, 0.6) is 0 Å². The second-order valence-corrected chi connectivity index (χ2v) is 5.89. The van der Waals surface area contributed by atoms with Crippen LogP contribution >= 0.6 is 0 Å². The summed E-state index contributed by atoms with van der Waals surface area (Å²) in [6.07, 6.45) is 9.15. The zero-order chi connectivity index (χ0) is 14.7. The lowest BCUT2D eigenvalue weighted by Crippen LogP contribution is -2.44. The summed E-state index contributed by atoms with van der Waals surface area (Å²) in [7, 11) is 0. The predicted octanol–water partition coefficient (Wildman–Crippen LogP) is 1.63. The average molecular weight is 287 g/mol. The number of carbonyl (C=O) groups is 2. The fourth-order valence-electron chi connectivity index (χ4n) is 3.28. The monoisotopic (exact) mass is 287 g/mol. The van der Waals surface area contributed by atoms with Crippen molar-refractivity contribution in [1.82, 2.24) is 15.2 Å². The van der Waals surface area contributed by atoms with Crippen molar-refractivity contribution in [1.29, 1.82) is 0 Å². The van der Waals surface area contributed by atoms with Crippen LogP contribution in [0.25, 0.3) is 0 Å². The Labute approximate surface area is 124 Å². The molecule has 1 aromatic rings. The molecule has 1 N–H and O–H groups in total. The van der Waals surface area contributed by atoms with E-state index in [9.17, 15) is 9.59 Å². The summed E-state index contributed by atoms with van der Waals surface area (Å²) in [5.74, 6) is -0.0555. The normalized spacial score (nSPS) is 23.8. The zero-order valence-corrected chi connectivity index (χ0v) is 12.1. The predicted molar refractivity (Wildman–Crippen MR) is 78.2 cm³/mol. The smallest absolute Gasteiger partial charge is 0.247 e. The number of hydrogen-bond acceptors (Lipinski definition) is 4. The Morgan fingerprint density at radius 3 is 2.57 bits per heavy atom. The largest absolute Gasteiger partial charge is 0.301 e. The molecule has 21 heavy (non-hydrogen) atoms. The molecule has 2 heterocycles. The molecule has 0 aromatic carbocycles. The molecular weight excluding hydrogens is 266 g/mol. The molecule has 1 unspecified atom stereocenters. The fraction of sp³-hybridized carbons (Fsp3) is 0.562. The van der Waals surface area contributed by atoms with Gasteiger partial charge in [-0.1, -0.05) is 19.3 Å². The summed E-state index contributed by atoms with van der Waals surface area (Å²) >= 11 is 0. The van der Waals surface area contributed by atoms with Crippen LogP contribution in [0.3, 0.4) is 0 Å². The Balaban J connectivity index is 1.60. The summed E-state index contributed by atoms with van der Waals surface area (Å²) in [5, 5.41) is 3.21. The maximum atomic E-state index is 12.5. The number of rotatable bonds is 4. The van der Waals surface area contributed by atoms with Crippen molar-refractivity contribution in [2.45, 2.75) is 57.2 Å². The molecule has 5 heteroatoms. The van der Waals surface area contributed by atoms with Gasteiger partial charge in [0.05, 0.1) is 12.5 Å². The van der Waals surface area contributed by atoms with E-state index in [4.69, 9.17) is 0 Å². The van der Waals surface area contributed by atoms with E-state index in [1.54, 1.807) is 12.4 Å². The fourth-order valence-corrected chi connectivity index (χ4v) is 3.28. The van der Waals surface area contributed by atoms with Crippen molar-refractivity contribution in [3.63, 3.8) is 0 Å². The molecule has 2 aliphatic rings. The van der Waals surface area contributed by atoms with Crippen LogP contribution in [0.2, 0.25) is 0 Å². The standard InChI is InChI=1S/C16H21N3O2/c20-15-10-14(18-11-12-6-8-17-9-7-12)16(21)19(15)13-4-2-1-3-5-13/h6-9,13-14,18H,1-5,10-11H2. The Hall–Kier alpha value is -1.75. The van der Waals surface area contributed by atoms with Gasteiger partial charge in [-0.05, 0) is 30.5 Å². The van der Waals surface area contributed by atoms with E-state index in [2.05, 4.69) is 10.3 Å². The first kappa shape index (κ1) is 14.2. The lowest BCUT2D eigenvalue weighted by atomic mass is 9.94. The van der Waals surface area contributed by atoms with Gasteiger partial charge in [-0.25, -0.2) is 0 Å². The molecular formula is C16H21N3O2. The Morgan fingerprint density at radius 1 is 1.14 bits per heavy atom. The van der Waals surface area contributed by atoms with Crippen LogP contribution in [-0.2, 0) is 16.1 Å². The molecule has 2 fully saturated rings. The van der Waals surface area contributed by atoms with Crippen LogP contribution in [0.4, 0.5) is 0 Å². The molecule has 5 nitrogen and oxygen atoms in total. The highest BCUT2D eigenvalue weighted by molar-refractivity contribution is 6.05. The second kappa shape index (κ2) is 6.35. The van der Waals surface area contributed by atoms with Gasteiger partial charge in [-0.15, -0.1) is 0 Å². The van der Waals surface area contributed by atoms with Crippen LogP contribution < -0.4 is 5.32 Å². The van der Waals surface area contributed by atoms with Crippen molar-refractivity contribution in [3.05, 3.63) is 30.1 Å². The molecule has 112 valence electrons. The zero-order valence-electron chi connectivity index (χ0n) is 12.1. The number of hydrogen-bond donors (Lipinski definition) is 1. The highest BCUT2D eigenvalue weighted by atomic mass is 16.2. The van der Waals surface area contributed by atoms with Gasteiger partial charge < -0.3 is 5.32 Å². The number of imide groups is 1. The Bertz CT molecular complexity index is 512. The molecule has 1 saturated carbocycles. The van der Waals surface area contributed by atoms with Gasteiger partial charge >= 0.3 is 0 Å². The van der Waals surface area contributed by atoms with E-state index >= 15 is 0 Å². The van der Waals surface area contributed by atoms with E-state index in [1.165, 1.54) is 11.3 Å². The van der Waals surface area contributed by atoms with E-state index in [0.29, 0.717) is 13.0 Å². The summed E-state index contributed by atoms with van der Waals surface area (Å²) < 4.78 is 0. The van der Waals surface area contributed by atoms with Crippen molar-refractivity contribution in [2.24, 2.45) is 0 Å². The first-order valence-corrected chi connectivity index (χ1v) is 7.74. The maximum Gasteiger partial charge on any atom is 0.247 e. The molecule has 0 bridgehead atoms. The number of aromatic nitrogens is 1. The van der Waals surface area contributed by atoms with E-state index < -0.39 is 0 Å². The average Bonchev–Trinajstić information content (AvgIpc) is 2.81. The number of amides is 2. The van der Waals surface area contributed by atoms with E-state index in [0.717, 1.165) is 31.2 Å². The third kappa shape index (κ3) is 3.13. The van der Waals surface area contributed by atoms with Crippen LogP contribution in [0, 0.1) is 0 Å². The summed E-state index contributed by atoms with van der Waals surface area (Å²) in [4.78, 5) is 30.1. The number of likely N-dealkylation sites (tertiary alicyclic amines) is 1. The minimum Gasteiger partial charge on any atom is -0.301 e. The molecule has 3 rings (SSSR count). The van der Waals surface area contributed by atoms with Gasteiger partial charge in [0.15, 0.2) is 0 Å². The van der Waals surface area contributed by atoms with Gasteiger partial charge in [0, 0.05) is 25.0 Å². The highest BCUT2D eigenvalue weighted by Gasteiger charge is 2.42. The second-order valence-electron chi connectivity index (χ2n) is 5.89. The number of nitrogens with one attached hydrogen (secondary N) is 1. The molecule has 1 aliphatic carbocycles. The number of carbonyl (C=O) groups excluding carboxylic acids is 2. The van der Waals surface area contributed by atoms with Crippen molar-refractivity contribution >= 4 is 11.8 Å². The molecule has 0 spiro atoms. The van der Waals surface area contributed by atoms with Crippen molar-refractivity contribution in [3.8, 4) is 0 Å². The summed E-state index contributed by atoms with van der Waals surface area (Å²) in [6, 6.07) is 3.58. The summed E-state index contributed by atoms with van der Waals surface area (Å²) in [6.45, 7) is 0.588. The quantitative estimate of drug-likeness (QED) is 0.855. The van der Waals surface area contributed by atoms with Gasteiger partial charge in [0.25, 0.3) is 0 Å². The van der Waals surface area contributed by atoms with Crippen LogP contribution in [0.1, 0.15) is 44.1 Å². The molecule has 1 atom stereocenters. The third-order valence-electron chi connectivity index (χ3n) is 4.42. The van der Waals surface area contributed by atoms with Gasteiger partial charge in [-0.3, -0.25) is 19.5 Å². The van der Waals surface area contributed by atoms with Gasteiger partial charge in [0.2, 0.25) is 11.8 Å². The number of pyridine rings is 1. The Morgan fingerprint density at radius 2 is 1.86 bits per heavy atom. The minimum absolute atomic E-state index is 0.0147. The Kier molecular flexibility index (Phi) is 4.29. The maximum absolute atomic E-state index is 12.5. The molecule has 1 saturated heterocycles. The minimum atomic E-state index is -0.368. The third-order valence-corrected chi connectivity index (χ3v) is 4.42. The highest BCUT2D eigenvalue weighted by Crippen LogP contribution is 2.27. The van der Waals surface area contributed by atoms with Crippen molar-refractivity contribution in [2.75, 3.05) is 0 Å². The lowest BCUT2D eigenvalue weighted by molar-refractivity contribution is -0.142. The van der Waals surface area contributed by atoms with Gasteiger partial charge in [0.1, 0.15) is 0 Å². The lowest BCUT2D eigenvalue weighted by Gasteiger charge is -2.29. The topological polar surface area (TPSA) is 62.3 Å². The molecule has 1 aromatic heterocycles. The molecule has 1 aliphatic heterocycles. The van der Waals surface area contributed by atoms with Gasteiger partial charge in [-0.2, -0.15) is 0 Å². The summed E-state index contributed by atoms with van der Waals surface area (Å²) in [5.41, 5.74) is 1.07. The van der Waals surface area contributed by atoms with E-state index in [1.807, 2.05) is 12.1 Å². The molecule has 2 amide bonds. The van der Waals surface area contributed by atoms with Crippen molar-refractivity contribution < 1.29 is 9.59 Å². The number of nitrogens with zero attached hydrogens (tertiary/aromatic N) is 2. The molecule has 0 radical (unpaired) electrons. The van der Waals surface area contributed by atoms with Crippen LogP contribution in [0.15, 0.2) is 24.5 Å². The van der Waals surface area contributed by atoms with E-state index in [-0.39, 0.29) is 23.9 Å². The first-order chi connectivity index (χ1) is 10.3. The SMILES string of the molecule is O=C1CC(NCc2ccncc2)C(=O)N1C1CCCCC1. The van der Waals surface area contributed by atoms with Crippen LogP contribution in [-0.4, -0.2) is 33.8 Å². The first-order valence-electron chi connectivity index (χ1n) is 7.74.